The van der Waals surface area contributed by atoms with Crippen LogP contribution in [0.15, 0.2) is 18.2 Å². The zero-order valence-electron chi connectivity index (χ0n) is 10.7. The molecular formula is C13H17F2NO3. The van der Waals surface area contributed by atoms with Crippen molar-refractivity contribution in [2.75, 3.05) is 20.2 Å². The molecule has 1 aromatic carbocycles. The highest BCUT2D eigenvalue weighted by Crippen LogP contribution is 2.30. The summed E-state index contributed by atoms with van der Waals surface area (Å²) >= 11 is 0. The second kappa shape index (κ2) is 6.16. The van der Waals surface area contributed by atoms with Gasteiger partial charge in [-0.15, -0.1) is 0 Å². The van der Waals surface area contributed by atoms with E-state index in [-0.39, 0.29) is 17.6 Å². The van der Waals surface area contributed by atoms with E-state index in [2.05, 4.69) is 9.64 Å². The predicted octanol–water partition coefficient (Wildman–Crippen LogP) is 1.86. The van der Waals surface area contributed by atoms with Crippen LogP contribution in [0.4, 0.5) is 8.78 Å². The molecule has 106 valence electrons. The third-order valence-corrected chi connectivity index (χ3v) is 3.10. The lowest BCUT2D eigenvalue weighted by atomic mass is 10.2. The number of alkyl halides is 2. The van der Waals surface area contributed by atoms with Crippen LogP contribution in [0.3, 0.4) is 0 Å². The number of aliphatic hydroxyl groups excluding tert-OH is 1. The molecule has 1 atom stereocenters. The number of hydrogen-bond acceptors (Lipinski definition) is 4. The molecule has 0 unspecified atom stereocenters. The average Bonchev–Trinajstić information content (AvgIpc) is 2.76. The van der Waals surface area contributed by atoms with Crippen molar-refractivity contribution in [1.82, 2.24) is 4.90 Å². The van der Waals surface area contributed by atoms with Gasteiger partial charge in [-0.2, -0.15) is 8.78 Å². The second-order valence-corrected chi connectivity index (χ2v) is 4.54. The Bertz CT molecular complexity index is 428. The van der Waals surface area contributed by atoms with Crippen molar-refractivity contribution in [2.45, 2.75) is 25.7 Å². The molecule has 1 saturated heterocycles. The smallest absolute Gasteiger partial charge is 0.387 e. The van der Waals surface area contributed by atoms with E-state index in [1.54, 1.807) is 12.1 Å². The van der Waals surface area contributed by atoms with Crippen molar-refractivity contribution in [3.63, 3.8) is 0 Å². The Morgan fingerprint density at radius 2 is 2.21 bits per heavy atom. The molecule has 0 amide bonds. The maximum atomic E-state index is 12.2. The van der Waals surface area contributed by atoms with Crippen LogP contribution in [0.1, 0.15) is 12.0 Å². The van der Waals surface area contributed by atoms with E-state index in [1.807, 2.05) is 0 Å². The first-order chi connectivity index (χ1) is 9.08. The number of aliphatic hydroxyl groups is 1. The summed E-state index contributed by atoms with van der Waals surface area (Å²) in [6.07, 6.45) is 0.493. The summed E-state index contributed by atoms with van der Waals surface area (Å²) in [5.74, 6) is 0.320. The Morgan fingerprint density at radius 3 is 2.79 bits per heavy atom. The molecule has 0 saturated carbocycles. The van der Waals surface area contributed by atoms with E-state index in [0.29, 0.717) is 13.1 Å². The molecule has 1 heterocycles. The van der Waals surface area contributed by atoms with Crippen molar-refractivity contribution < 1.29 is 23.4 Å². The minimum atomic E-state index is -2.87. The lowest BCUT2D eigenvalue weighted by Crippen LogP contribution is -2.21. The van der Waals surface area contributed by atoms with Crippen molar-refractivity contribution in [3.8, 4) is 11.5 Å². The van der Waals surface area contributed by atoms with Crippen LogP contribution in [-0.4, -0.2) is 42.9 Å². The van der Waals surface area contributed by atoms with Gasteiger partial charge in [-0.05, 0) is 24.1 Å². The molecule has 1 N–H and O–H groups in total. The summed E-state index contributed by atoms with van der Waals surface area (Å²) < 4.78 is 33.8. The number of ether oxygens (including phenoxy) is 2. The molecule has 4 nitrogen and oxygen atoms in total. The molecule has 0 bridgehead atoms. The van der Waals surface area contributed by atoms with Crippen LogP contribution < -0.4 is 9.47 Å². The number of methoxy groups -OCH3 is 1. The summed E-state index contributed by atoms with van der Waals surface area (Å²) in [5.41, 5.74) is 0.938. The van der Waals surface area contributed by atoms with E-state index in [4.69, 9.17) is 4.74 Å². The van der Waals surface area contributed by atoms with Gasteiger partial charge in [0, 0.05) is 19.6 Å². The minimum Gasteiger partial charge on any atom is -0.493 e. The first-order valence-corrected chi connectivity index (χ1v) is 6.10. The molecule has 1 aromatic rings. The predicted molar refractivity (Wildman–Crippen MR) is 65.5 cm³/mol. The van der Waals surface area contributed by atoms with Gasteiger partial charge in [0.1, 0.15) is 0 Å². The number of benzene rings is 1. The molecule has 1 aliphatic heterocycles. The maximum absolute atomic E-state index is 12.2. The fraction of sp³-hybridized carbons (Fsp3) is 0.538. The van der Waals surface area contributed by atoms with E-state index in [0.717, 1.165) is 18.5 Å². The van der Waals surface area contributed by atoms with Gasteiger partial charge in [-0.3, -0.25) is 4.90 Å². The van der Waals surface area contributed by atoms with Crippen molar-refractivity contribution in [3.05, 3.63) is 23.8 Å². The maximum Gasteiger partial charge on any atom is 0.387 e. The normalized spacial score (nSPS) is 19.9. The fourth-order valence-corrected chi connectivity index (χ4v) is 2.22. The molecule has 1 aliphatic rings. The first-order valence-electron chi connectivity index (χ1n) is 6.10. The number of rotatable bonds is 5. The Hall–Kier alpha value is -1.40. The van der Waals surface area contributed by atoms with Gasteiger partial charge < -0.3 is 14.6 Å². The van der Waals surface area contributed by atoms with Crippen LogP contribution in [-0.2, 0) is 6.54 Å². The molecule has 1 fully saturated rings. The van der Waals surface area contributed by atoms with Crippen molar-refractivity contribution >= 4 is 0 Å². The van der Waals surface area contributed by atoms with Crippen LogP contribution in [0.5, 0.6) is 11.5 Å². The summed E-state index contributed by atoms with van der Waals surface area (Å²) in [5, 5.41) is 9.45. The molecule has 0 spiro atoms. The van der Waals surface area contributed by atoms with Gasteiger partial charge in [0.15, 0.2) is 11.5 Å². The monoisotopic (exact) mass is 273 g/mol. The van der Waals surface area contributed by atoms with Gasteiger partial charge in [0.2, 0.25) is 0 Å². The highest BCUT2D eigenvalue weighted by molar-refractivity contribution is 5.43. The molecular weight excluding hydrogens is 256 g/mol. The third-order valence-electron chi connectivity index (χ3n) is 3.10. The fourth-order valence-electron chi connectivity index (χ4n) is 2.22. The second-order valence-electron chi connectivity index (χ2n) is 4.54. The highest BCUT2D eigenvalue weighted by atomic mass is 19.3. The number of halogens is 2. The standard InChI is InChI=1S/C13H17F2NO3/c1-18-12-6-9(2-3-11(12)19-13(14)15)7-16-5-4-10(17)8-16/h2-3,6,10,13,17H,4-5,7-8H2,1H3/t10-/m1/s1. The van der Waals surface area contributed by atoms with Crippen LogP contribution in [0.25, 0.3) is 0 Å². The third kappa shape index (κ3) is 3.78. The molecule has 6 heteroatoms. The number of nitrogens with zero attached hydrogens (tertiary/aromatic N) is 1. The Morgan fingerprint density at radius 1 is 1.42 bits per heavy atom. The summed E-state index contributed by atoms with van der Waals surface area (Å²) in [4.78, 5) is 2.10. The van der Waals surface area contributed by atoms with E-state index in [9.17, 15) is 13.9 Å². The zero-order valence-corrected chi connectivity index (χ0v) is 10.7. The van der Waals surface area contributed by atoms with Crippen LogP contribution >= 0.6 is 0 Å². The van der Waals surface area contributed by atoms with Crippen LogP contribution in [0.2, 0.25) is 0 Å². The molecule has 19 heavy (non-hydrogen) atoms. The topological polar surface area (TPSA) is 41.9 Å². The van der Waals surface area contributed by atoms with Gasteiger partial charge in [0.05, 0.1) is 13.2 Å². The number of β-amino-alcohol motifs (C(OH)–C–C–N with tert-alkyl or cyclic N) is 1. The van der Waals surface area contributed by atoms with E-state index >= 15 is 0 Å². The number of likely N-dealkylation sites (tertiary alicyclic amines) is 1. The average molecular weight is 273 g/mol. The van der Waals surface area contributed by atoms with Gasteiger partial charge >= 0.3 is 6.61 Å². The molecule has 0 radical (unpaired) electrons. The lowest BCUT2D eigenvalue weighted by Gasteiger charge is -2.16. The Kier molecular flexibility index (Phi) is 4.55. The van der Waals surface area contributed by atoms with E-state index < -0.39 is 6.61 Å². The largest absolute Gasteiger partial charge is 0.493 e. The quantitative estimate of drug-likeness (QED) is 0.889. The zero-order chi connectivity index (χ0) is 13.8. The minimum absolute atomic E-state index is 0.0303. The SMILES string of the molecule is COc1cc(CN2CC[C@@H](O)C2)ccc1OC(F)F. The Labute approximate surface area is 110 Å². The molecule has 0 aromatic heterocycles. The van der Waals surface area contributed by atoms with Crippen LogP contribution in [0, 0.1) is 0 Å². The van der Waals surface area contributed by atoms with Gasteiger partial charge in [-0.25, -0.2) is 0 Å². The highest BCUT2D eigenvalue weighted by Gasteiger charge is 2.20. The van der Waals surface area contributed by atoms with Gasteiger partial charge in [0.25, 0.3) is 0 Å². The van der Waals surface area contributed by atoms with E-state index in [1.165, 1.54) is 13.2 Å². The van der Waals surface area contributed by atoms with Crippen molar-refractivity contribution in [2.24, 2.45) is 0 Å². The lowest BCUT2D eigenvalue weighted by molar-refractivity contribution is -0.0512. The first kappa shape index (κ1) is 14.0. The molecule has 0 aliphatic carbocycles. The number of hydrogen-bond donors (Lipinski definition) is 1. The van der Waals surface area contributed by atoms with Crippen molar-refractivity contribution in [1.29, 1.82) is 0 Å². The summed E-state index contributed by atoms with van der Waals surface area (Å²) in [6.45, 7) is -0.743. The summed E-state index contributed by atoms with van der Waals surface area (Å²) in [7, 11) is 1.41. The van der Waals surface area contributed by atoms with Gasteiger partial charge in [-0.1, -0.05) is 6.07 Å². The summed E-state index contributed by atoms with van der Waals surface area (Å²) in [6, 6.07) is 4.89. The Balaban J connectivity index is 2.06. The molecule has 2 rings (SSSR count).